The summed E-state index contributed by atoms with van der Waals surface area (Å²) >= 11 is 1.39. The van der Waals surface area contributed by atoms with E-state index in [0.717, 1.165) is 4.90 Å². The van der Waals surface area contributed by atoms with Crippen LogP contribution in [-0.2, 0) is 14.3 Å². The Bertz CT molecular complexity index is 1130. The van der Waals surface area contributed by atoms with Gasteiger partial charge >= 0.3 is 5.97 Å². The molecule has 5 unspecified atom stereocenters. The van der Waals surface area contributed by atoms with Gasteiger partial charge in [-0.3, -0.25) is 9.36 Å². The lowest BCUT2D eigenvalue weighted by Crippen LogP contribution is -2.54. The minimum atomic E-state index is -1.51. The van der Waals surface area contributed by atoms with Crippen molar-refractivity contribution in [1.29, 1.82) is 0 Å². The fourth-order valence-corrected chi connectivity index (χ4v) is 4.25. The highest BCUT2D eigenvalue weighted by Crippen LogP contribution is 2.32. The maximum Gasteiger partial charge on any atom is 0.335 e. The molecular weight excluding hydrogens is 438 g/mol. The van der Waals surface area contributed by atoms with E-state index in [1.54, 1.807) is 0 Å². The number of nitrogen functional groups attached to an aromatic ring is 1. The number of nitrogens with two attached hydrogens (primary N) is 2. The van der Waals surface area contributed by atoms with E-state index < -0.39 is 42.4 Å². The number of rotatable bonds is 7. The summed E-state index contributed by atoms with van der Waals surface area (Å²) in [5, 5.41) is 22.9. The van der Waals surface area contributed by atoms with Crippen LogP contribution in [0.25, 0.3) is 11.2 Å². The molecule has 0 saturated carbocycles. The zero-order chi connectivity index (χ0) is 22.8. The van der Waals surface area contributed by atoms with E-state index in [-0.39, 0.29) is 22.7 Å². The quantitative estimate of drug-likeness (QED) is 0.282. The summed E-state index contributed by atoms with van der Waals surface area (Å²) in [6.45, 7) is 0. The average molecular weight is 459 g/mol. The first kappa shape index (κ1) is 22.0. The van der Waals surface area contributed by atoms with Gasteiger partial charge in [-0.25, -0.2) is 19.7 Å². The normalized spacial score (nSPS) is 23.8. The van der Waals surface area contributed by atoms with Crippen LogP contribution in [0.15, 0.2) is 47.9 Å². The predicted octanol–water partition coefficient (Wildman–Crippen LogP) is -0.644. The zero-order valence-electron chi connectivity index (χ0n) is 16.6. The lowest BCUT2D eigenvalue weighted by Gasteiger charge is -2.22. The highest BCUT2D eigenvalue weighted by molar-refractivity contribution is 7.99. The van der Waals surface area contributed by atoms with Gasteiger partial charge in [0, 0.05) is 10.6 Å². The largest absolute Gasteiger partial charge is 0.479 e. The van der Waals surface area contributed by atoms with Crippen molar-refractivity contribution in [3.63, 3.8) is 0 Å². The summed E-state index contributed by atoms with van der Waals surface area (Å²) in [5.74, 6) is -1.55. The number of aliphatic hydroxyl groups is 1. The van der Waals surface area contributed by atoms with Crippen molar-refractivity contribution in [3.05, 3.63) is 43.0 Å². The highest BCUT2D eigenvalue weighted by Gasteiger charge is 2.49. The van der Waals surface area contributed by atoms with E-state index in [4.69, 9.17) is 16.2 Å². The van der Waals surface area contributed by atoms with Gasteiger partial charge < -0.3 is 31.7 Å². The molecule has 2 aromatic heterocycles. The Morgan fingerprint density at radius 3 is 2.72 bits per heavy atom. The molecule has 13 heteroatoms. The number of carbonyl (C=O) groups is 2. The van der Waals surface area contributed by atoms with E-state index in [2.05, 4.69) is 20.3 Å². The molecule has 3 heterocycles. The zero-order valence-corrected chi connectivity index (χ0v) is 17.4. The molecule has 1 aliphatic heterocycles. The van der Waals surface area contributed by atoms with Gasteiger partial charge in [0.1, 0.15) is 17.9 Å². The Labute approximate surface area is 186 Å². The molecule has 0 aliphatic carbocycles. The molecule has 1 aliphatic rings. The van der Waals surface area contributed by atoms with Crippen molar-refractivity contribution in [2.45, 2.75) is 35.4 Å². The number of nitrogens with zero attached hydrogens (tertiary/aromatic N) is 4. The lowest BCUT2D eigenvalue weighted by molar-refractivity contribution is -0.152. The second kappa shape index (κ2) is 9.08. The SMILES string of the molecule is Nc1ncnc2c1ncn2C1OC(C(=O)O)C(NC(=O)C(N)CSc2ccccc2)C1O. The number of aliphatic hydroxyl groups excluding tert-OH is 1. The molecule has 3 aromatic rings. The molecule has 1 aromatic carbocycles. The third-order valence-corrected chi connectivity index (χ3v) is 6.13. The molecule has 12 nitrogen and oxygen atoms in total. The molecule has 5 atom stereocenters. The number of carboxylic acid groups (broad SMARTS) is 1. The Balaban J connectivity index is 1.49. The Morgan fingerprint density at radius 1 is 1.25 bits per heavy atom. The number of hydrogen-bond donors (Lipinski definition) is 5. The fraction of sp³-hybridized carbons (Fsp3) is 0.316. The number of thioether (sulfide) groups is 1. The molecule has 7 N–H and O–H groups in total. The summed E-state index contributed by atoms with van der Waals surface area (Å²) < 4.78 is 6.91. The molecule has 4 rings (SSSR count). The van der Waals surface area contributed by atoms with Crippen LogP contribution in [0.4, 0.5) is 5.82 Å². The minimum absolute atomic E-state index is 0.128. The third-order valence-electron chi connectivity index (χ3n) is 5.00. The maximum atomic E-state index is 12.6. The highest BCUT2D eigenvalue weighted by atomic mass is 32.2. The van der Waals surface area contributed by atoms with Gasteiger partial charge in [0.05, 0.1) is 18.4 Å². The Hall–Kier alpha value is -3.26. The summed E-state index contributed by atoms with van der Waals surface area (Å²) in [6, 6.07) is 7.23. The number of aliphatic carboxylic acids is 1. The van der Waals surface area contributed by atoms with Crippen molar-refractivity contribution in [1.82, 2.24) is 24.8 Å². The van der Waals surface area contributed by atoms with Gasteiger partial charge in [-0.1, -0.05) is 18.2 Å². The number of amides is 1. The lowest BCUT2D eigenvalue weighted by atomic mass is 10.1. The van der Waals surface area contributed by atoms with E-state index in [1.807, 2.05) is 30.3 Å². The van der Waals surface area contributed by atoms with Crippen LogP contribution < -0.4 is 16.8 Å². The average Bonchev–Trinajstić information content (AvgIpc) is 3.35. The van der Waals surface area contributed by atoms with Gasteiger partial charge in [0.15, 0.2) is 23.8 Å². The molecule has 0 spiro atoms. The second-order valence-electron chi connectivity index (χ2n) is 7.12. The van der Waals surface area contributed by atoms with Crippen molar-refractivity contribution >= 4 is 40.6 Å². The second-order valence-corrected chi connectivity index (χ2v) is 8.22. The number of benzene rings is 1. The van der Waals surface area contributed by atoms with Gasteiger partial charge in [-0.05, 0) is 12.1 Å². The van der Waals surface area contributed by atoms with Crippen LogP contribution in [0.3, 0.4) is 0 Å². The summed E-state index contributed by atoms with van der Waals surface area (Å²) in [7, 11) is 0. The van der Waals surface area contributed by atoms with Crippen LogP contribution in [0.5, 0.6) is 0 Å². The van der Waals surface area contributed by atoms with Gasteiger partial charge in [0.2, 0.25) is 5.91 Å². The predicted molar refractivity (Wildman–Crippen MR) is 114 cm³/mol. The van der Waals surface area contributed by atoms with E-state index in [0.29, 0.717) is 0 Å². The molecule has 1 saturated heterocycles. The standard InChI is InChI=1S/C19H21N7O5S/c20-10(6-32-9-4-2-1-3-5-9)17(28)25-11-13(27)18(31-14(11)19(29)30)26-8-24-12-15(21)22-7-23-16(12)26/h1-5,7-8,10-11,13-14,18,27H,6,20H2,(H,25,28)(H,29,30)(H2,21,22,23). The van der Waals surface area contributed by atoms with Gasteiger partial charge in [-0.2, -0.15) is 0 Å². The van der Waals surface area contributed by atoms with Gasteiger partial charge in [-0.15, -0.1) is 11.8 Å². The summed E-state index contributed by atoms with van der Waals surface area (Å²) in [5.41, 5.74) is 12.3. The van der Waals surface area contributed by atoms with Crippen molar-refractivity contribution < 1.29 is 24.5 Å². The van der Waals surface area contributed by atoms with Crippen molar-refractivity contribution in [3.8, 4) is 0 Å². The number of ether oxygens (including phenoxy) is 1. The number of hydrogen-bond acceptors (Lipinski definition) is 10. The minimum Gasteiger partial charge on any atom is -0.479 e. The molecule has 1 amide bonds. The number of nitrogens with one attached hydrogen (secondary N) is 1. The number of fused-ring (bicyclic) bond motifs is 1. The fourth-order valence-electron chi connectivity index (χ4n) is 3.38. The van der Waals surface area contributed by atoms with Crippen molar-refractivity contribution in [2.75, 3.05) is 11.5 Å². The molecule has 0 bridgehead atoms. The third kappa shape index (κ3) is 4.23. The van der Waals surface area contributed by atoms with Crippen LogP contribution in [0.1, 0.15) is 6.23 Å². The van der Waals surface area contributed by atoms with Crippen LogP contribution in [0.2, 0.25) is 0 Å². The molecule has 1 fully saturated rings. The Morgan fingerprint density at radius 2 is 2.00 bits per heavy atom. The molecule has 32 heavy (non-hydrogen) atoms. The number of carbonyl (C=O) groups excluding carboxylic acids is 1. The van der Waals surface area contributed by atoms with Crippen LogP contribution >= 0.6 is 11.8 Å². The first-order chi connectivity index (χ1) is 15.4. The first-order valence-corrected chi connectivity index (χ1v) is 10.6. The van der Waals surface area contributed by atoms with Crippen LogP contribution in [-0.4, -0.2) is 71.7 Å². The summed E-state index contributed by atoms with van der Waals surface area (Å²) in [6.07, 6.45) is -1.56. The first-order valence-electron chi connectivity index (χ1n) is 9.60. The number of imidazole rings is 1. The molecule has 168 valence electrons. The molecule has 0 radical (unpaired) electrons. The van der Waals surface area contributed by atoms with Gasteiger partial charge in [0.25, 0.3) is 0 Å². The maximum absolute atomic E-state index is 12.6. The number of anilines is 1. The number of aromatic nitrogens is 4. The molecular formula is C19H21N7O5S. The van der Waals surface area contributed by atoms with E-state index >= 15 is 0 Å². The monoisotopic (exact) mass is 459 g/mol. The van der Waals surface area contributed by atoms with Crippen LogP contribution in [0, 0.1) is 0 Å². The summed E-state index contributed by atoms with van der Waals surface area (Å²) in [4.78, 5) is 37.3. The topological polar surface area (TPSA) is 192 Å². The Kier molecular flexibility index (Phi) is 6.23. The van der Waals surface area contributed by atoms with E-state index in [9.17, 15) is 19.8 Å². The smallest absolute Gasteiger partial charge is 0.335 e. The van der Waals surface area contributed by atoms with E-state index in [1.165, 1.54) is 29.0 Å². The van der Waals surface area contributed by atoms with Crippen molar-refractivity contribution in [2.24, 2.45) is 5.73 Å². The number of carboxylic acids is 1.